The maximum absolute atomic E-state index is 2.51. The van der Waals surface area contributed by atoms with E-state index in [9.17, 15) is 0 Å². The molecule has 0 bridgehead atoms. The van der Waals surface area contributed by atoms with Gasteiger partial charge in [0.15, 0.2) is 8.07 Å². The molecule has 0 amide bonds. The van der Waals surface area contributed by atoms with E-state index in [2.05, 4.69) is 121 Å². The summed E-state index contributed by atoms with van der Waals surface area (Å²) in [5.41, 5.74) is 0. The lowest BCUT2D eigenvalue weighted by Gasteiger charge is -2.40. The van der Waals surface area contributed by atoms with Crippen molar-refractivity contribution >= 4 is 72.1 Å². The second kappa shape index (κ2) is 7.46. The highest BCUT2D eigenvalue weighted by Gasteiger charge is 2.47. The normalized spacial score (nSPS) is 14.2. The molecule has 1 aliphatic heterocycles. The third-order valence-electron chi connectivity index (χ3n) is 6.82. The lowest BCUT2D eigenvalue weighted by atomic mass is 10.1. The minimum absolute atomic E-state index is 1.36. The van der Waals surface area contributed by atoms with Crippen LogP contribution in [0.1, 0.15) is 0 Å². The van der Waals surface area contributed by atoms with Crippen LogP contribution < -0.4 is 20.7 Å². The summed E-state index contributed by atoms with van der Waals surface area (Å²) in [6.45, 7) is 0. The third kappa shape index (κ3) is 2.70. The Morgan fingerprint density at radius 3 is 1.79 bits per heavy atom. The zero-order chi connectivity index (χ0) is 21.8. The van der Waals surface area contributed by atoms with E-state index >= 15 is 0 Å². The van der Waals surface area contributed by atoms with Gasteiger partial charge in [0.25, 0.3) is 0 Å². The average Bonchev–Trinajstić information content (AvgIpc) is 3.27. The van der Waals surface area contributed by atoms with Crippen molar-refractivity contribution in [2.45, 2.75) is 9.79 Å². The molecule has 2 heterocycles. The van der Waals surface area contributed by atoms with Crippen LogP contribution >= 0.6 is 23.1 Å². The zero-order valence-electron chi connectivity index (χ0n) is 17.9. The standard InChI is InChI=1S/C30H20S2Si/c1-2-11-21(12-3-1)33(27-18-8-6-16-25(27)31-26-17-7-9-19-28(26)33)29-20-10-14-23-22-13-4-5-15-24(22)32-30(23)29/h1-20H. The summed E-state index contributed by atoms with van der Waals surface area (Å²) in [5, 5.41) is 8.71. The lowest BCUT2D eigenvalue weighted by Crippen LogP contribution is -2.76. The van der Waals surface area contributed by atoms with Gasteiger partial charge in [-0.3, -0.25) is 0 Å². The maximum Gasteiger partial charge on any atom is 0.183 e. The van der Waals surface area contributed by atoms with Gasteiger partial charge in [-0.1, -0.05) is 115 Å². The fraction of sp³-hybridized carbons (Fsp3) is 0. The molecule has 0 N–H and O–H groups in total. The van der Waals surface area contributed by atoms with Gasteiger partial charge in [-0.2, -0.15) is 0 Å². The van der Waals surface area contributed by atoms with Crippen LogP contribution in [-0.2, 0) is 0 Å². The molecule has 33 heavy (non-hydrogen) atoms. The Hall–Kier alpha value is -3.11. The van der Waals surface area contributed by atoms with Gasteiger partial charge in [0.2, 0.25) is 0 Å². The Morgan fingerprint density at radius 2 is 1.03 bits per heavy atom. The van der Waals surface area contributed by atoms with E-state index in [1.54, 1.807) is 0 Å². The van der Waals surface area contributed by atoms with Crippen LogP contribution in [0.15, 0.2) is 131 Å². The highest BCUT2D eigenvalue weighted by atomic mass is 32.2. The molecule has 0 radical (unpaired) electrons. The van der Waals surface area contributed by atoms with Crippen molar-refractivity contribution in [3.05, 3.63) is 121 Å². The van der Waals surface area contributed by atoms with Gasteiger partial charge >= 0.3 is 0 Å². The summed E-state index contributed by atoms with van der Waals surface area (Å²) >= 11 is 3.88. The molecule has 1 aromatic heterocycles. The maximum atomic E-state index is 2.42. The highest BCUT2D eigenvalue weighted by molar-refractivity contribution is 8.00. The molecular weight excluding hydrogens is 453 g/mol. The topological polar surface area (TPSA) is 0 Å². The molecule has 7 rings (SSSR count). The molecule has 1 aliphatic rings. The molecule has 0 saturated carbocycles. The largest absolute Gasteiger partial charge is 0.183 e. The summed E-state index contributed by atoms with van der Waals surface area (Å²) in [7, 11) is -2.51. The molecule has 156 valence electrons. The molecule has 5 aromatic carbocycles. The molecule has 0 nitrogen and oxygen atoms in total. The number of rotatable bonds is 2. The summed E-state index contributed by atoms with van der Waals surface area (Å²) in [6, 6.07) is 45.4. The minimum atomic E-state index is -2.51. The minimum Gasteiger partial charge on any atom is -0.135 e. The summed E-state index contributed by atoms with van der Waals surface area (Å²) < 4.78 is 2.80. The Labute approximate surface area is 202 Å². The molecule has 0 aliphatic carbocycles. The summed E-state index contributed by atoms with van der Waals surface area (Å²) in [5.74, 6) is 0. The Bertz CT molecular complexity index is 1600. The van der Waals surface area contributed by atoms with Crippen LogP contribution in [0.2, 0.25) is 0 Å². The van der Waals surface area contributed by atoms with Gasteiger partial charge in [0, 0.05) is 30.0 Å². The Kier molecular flexibility index (Phi) is 4.38. The van der Waals surface area contributed by atoms with Gasteiger partial charge in [0.1, 0.15) is 0 Å². The van der Waals surface area contributed by atoms with Crippen LogP contribution in [-0.4, -0.2) is 8.07 Å². The van der Waals surface area contributed by atoms with Gasteiger partial charge in [-0.05, 0) is 38.9 Å². The Morgan fingerprint density at radius 1 is 0.455 bits per heavy atom. The number of thiophene rings is 1. The first-order valence-electron chi connectivity index (χ1n) is 11.2. The molecule has 3 heteroatoms. The molecular formula is C30H20S2Si. The molecule has 0 unspecified atom stereocenters. The number of fused-ring (bicyclic) bond motifs is 5. The molecule has 6 aromatic rings. The predicted molar refractivity (Wildman–Crippen MR) is 147 cm³/mol. The molecule has 0 spiro atoms. The van der Waals surface area contributed by atoms with E-state index in [1.165, 1.54) is 50.7 Å². The van der Waals surface area contributed by atoms with Gasteiger partial charge < -0.3 is 0 Å². The lowest BCUT2D eigenvalue weighted by molar-refractivity contribution is 1.42. The molecule has 0 atom stereocenters. The van der Waals surface area contributed by atoms with Crippen molar-refractivity contribution < 1.29 is 0 Å². The van der Waals surface area contributed by atoms with Crippen LogP contribution in [0.5, 0.6) is 0 Å². The van der Waals surface area contributed by atoms with E-state index in [0.29, 0.717) is 0 Å². The first kappa shape index (κ1) is 19.4. The smallest absolute Gasteiger partial charge is 0.135 e. The van der Waals surface area contributed by atoms with Crippen LogP contribution in [0.4, 0.5) is 0 Å². The molecule has 0 saturated heterocycles. The van der Waals surface area contributed by atoms with E-state index < -0.39 is 8.07 Å². The fourth-order valence-electron chi connectivity index (χ4n) is 5.48. The fourth-order valence-corrected chi connectivity index (χ4v) is 14.2. The monoisotopic (exact) mass is 472 g/mol. The van der Waals surface area contributed by atoms with Gasteiger partial charge in [0.05, 0.1) is 0 Å². The predicted octanol–water partition coefficient (Wildman–Crippen LogP) is 5.90. The number of benzene rings is 5. The van der Waals surface area contributed by atoms with Crippen molar-refractivity contribution in [2.24, 2.45) is 0 Å². The van der Waals surface area contributed by atoms with Crippen molar-refractivity contribution in [1.29, 1.82) is 0 Å². The quantitative estimate of drug-likeness (QED) is 0.283. The number of hydrogen-bond donors (Lipinski definition) is 0. The zero-order valence-corrected chi connectivity index (χ0v) is 20.5. The third-order valence-corrected chi connectivity index (χ3v) is 14.6. The molecule has 0 fully saturated rings. The van der Waals surface area contributed by atoms with Crippen molar-refractivity contribution in [3.8, 4) is 0 Å². The first-order valence-corrected chi connectivity index (χ1v) is 14.8. The summed E-state index contributed by atoms with van der Waals surface area (Å²) in [4.78, 5) is 2.79. The SMILES string of the molecule is c1ccc([Si]2(c3cccc4c3sc3ccccc34)c3ccccc3Sc3ccccc32)cc1. The number of hydrogen-bond acceptors (Lipinski definition) is 2. The average molecular weight is 473 g/mol. The Balaban J connectivity index is 1.71. The van der Waals surface area contributed by atoms with Crippen molar-refractivity contribution in [2.75, 3.05) is 0 Å². The van der Waals surface area contributed by atoms with E-state index in [0.717, 1.165) is 0 Å². The second-order valence-corrected chi connectivity index (χ2v) is 14.3. The van der Waals surface area contributed by atoms with Gasteiger partial charge in [-0.25, -0.2) is 0 Å². The first-order chi connectivity index (χ1) is 16.4. The highest BCUT2D eigenvalue weighted by Crippen LogP contribution is 2.37. The van der Waals surface area contributed by atoms with Crippen LogP contribution in [0, 0.1) is 0 Å². The summed E-state index contributed by atoms with van der Waals surface area (Å²) in [6.07, 6.45) is 0. The van der Waals surface area contributed by atoms with Crippen molar-refractivity contribution in [3.63, 3.8) is 0 Å². The van der Waals surface area contributed by atoms with E-state index in [4.69, 9.17) is 0 Å². The van der Waals surface area contributed by atoms with Crippen LogP contribution in [0.3, 0.4) is 0 Å². The van der Waals surface area contributed by atoms with Crippen molar-refractivity contribution in [1.82, 2.24) is 0 Å². The van der Waals surface area contributed by atoms with Gasteiger partial charge in [-0.15, -0.1) is 11.3 Å². The van der Waals surface area contributed by atoms with E-state index in [-0.39, 0.29) is 0 Å². The second-order valence-electron chi connectivity index (χ2n) is 8.49. The van der Waals surface area contributed by atoms with E-state index in [1.807, 2.05) is 23.1 Å². The van der Waals surface area contributed by atoms with Crippen LogP contribution in [0.25, 0.3) is 20.2 Å².